The predicted molar refractivity (Wildman–Crippen MR) is 56.1 cm³/mol. The Bertz CT molecular complexity index is 392. The van der Waals surface area contributed by atoms with Gasteiger partial charge in [0.25, 0.3) is 0 Å². The van der Waals surface area contributed by atoms with Crippen molar-refractivity contribution in [3.05, 3.63) is 29.6 Å². The Balaban J connectivity index is 2.39. The molecular formula is C11H13FN2O. The van der Waals surface area contributed by atoms with Crippen molar-refractivity contribution < 1.29 is 9.18 Å². The molecular weight excluding hydrogens is 195 g/mol. The van der Waals surface area contributed by atoms with Gasteiger partial charge in [0.05, 0.1) is 0 Å². The number of hydrogen-bond acceptors (Lipinski definition) is 2. The van der Waals surface area contributed by atoms with Crippen LogP contribution in [0.25, 0.3) is 0 Å². The monoisotopic (exact) mass is 208 g/mol. The van der Waals surface area contributed by atoms with Crippen LogP contribution in [-0.4, -0.2) is 19.0 Å². The highest BCUT2D eigenvalue weighted by Gasteiger charge is 2.23. The molecule has 4 heteroatoms. The van der Waals surface area contributed by atoms with Crippen LogP contribution in [0.2, 0.25) is 0 Å². The number of fused-ring (bicyclic) bond motifs is 1. The molecule has 1 aliphatic heterocycles. The molecule has 1 amide bonds. The van der Waals surface area contributed by atoms with Crippen molar-refractivity contribution in [1.82, 2.24) is 0 Å². The van der Waals surface area contributed by atoms with Gasteiger partial charge in [0.15, 0.2) is 0 Å². The molecule has 0 fully saturated rings. The second kappa shape index (κ2) is 3.98. The van der Waals surface area contributed by atoms with Gasteiger partial charge in [-0.05, 0) is 30.2 Å². The van der Waals surface area contributed by atoms with E-state index in [1.54, 1.807) is 11.0 Å². The van der Waals surface area contributed by atoms with E-state index in [4.69, 9.17) is 5.73 Å². The number of carbonyl (C=O) groups excluding carboxylic acids is 1. The van der Waals surface area contributed by atoms with Gasteiger partial charge in [-0.25, -0.2) is 4.39 Å². The summed E-state index contributed by atoms with van der Waals surface area (Å²) < 4.78 is 13.0. The van der Waals surface area contributed by atoms with E-state index in [1.807, 2.05) is 0 Å². The number of hydrogen-bond donors (Lipinski definition) is 1. The molecule has 0 aromatic heterocycles. The van der Waals surface area contributed by atoms with Gasteiger partial charge in [-0.1, -0.05) is 0 Å². The summed E-state index contributed by atoms with van der Waals surface area (Å²) in [5, 5.41) is 0. The van der Waals surface area contributed by atoms with Gasteiger partial charge in [-0.3, -0.25) is 4.79 Å². The summed E-state index contributed by atoms with van der Waals surface area (Å²) in [5.41, 5.74) is 7.14. The van der Waals surface area contributed by atoms with Crippen LogP contribution in [0.5, 0.6) is 0 Å². The fraction of sp³-hybridized carbons (Fsp3) is 0.364. The molecule has 0 radical (unpaired) electrons. The second-order valence-corrected chi connectivity index (χ2v) is 3.61. The molecule has 0 saturated carbocycles. The number of rotatable bonds is 2. The third-order valence-electron chi connectivity index (χ3n) is 2.59. The Hall–Kier alpha value is -1.42. The van der Waals surface area contributed by atoms with Gasteiger partial charge in [0.1, 0.15) is 5.82 Å². The summed E-state index contributed by atoms with van der Waals surface area (Å²) in [4.78, 5) is 13.2. The Morgan fingerprint density at radius 1 is 1.40 bits per heavy atom. The molecule has 3 nitrogen and oxygen atoms in total. The molecule has 1 heterocycles. The van der Waals surface area contributed by atoms with Crippen molar-refractivity contribution >= 4 is 11.6 Å². The van der Waals surface area contributed by atoms with Crippen LogP contribution < -0.4 is 10.6 Å². The third-order valence-corrected chi connectivity index (χ3v) is 2.59. The van der Waals surface area contributed by atoms with Gasteiger partial charge in [-0.2, -0.15) is 0 Å². The minimum atomic E-state index is -0.254. The molecule has 2 rings (SSSR count). The number of aryl methyl sites for hydroxylation is 1. The number of amides is 1. The molecule has 0 unspecified atom stereocenters. The maximum atomic E-state index is 13.0. The summed E-state index contributed by atoms with van der Waals surface area (Å²) >= 11 is 0. The van der Waals surface area contributed by atoms with Crippen molar-refractivity contribution in [1.29, 1.82) is 0 Å². The van der Waals surface area contributed by atoms with Crippen LogP contribution in [0, 0.1) is 5.82 Å². The molecule has 1 aromatic carbocycles. The molecule has 80 valence electrons. The fourth-order valence-corrected chi connectivity index (χ4v) is 1.90. The van der Waals surface area contributed by atoms with Crippen LogP contribution in [0.4, 0.5) is 10.1 Å². The SMILES string of the molecule is NCCN1C(=O)CCc2cc(F)ccc21. The number of anilines is 1. The predicted octanol–water partition coefficient (Wildman–Crippen LogP) is 1.06. The van der Waals surface area contributed by atoms with Gasteiger partial charge in [0, 0.05) is 25.2 Å². The Morgan fingerprint density at radius 3 is 2.93 bits per heavy atom. The van der Waals surface area contributed by atoms with E-state index in [9.17, 15) is 9.18 Å². The van der Waals surface area contributed by atoms with E-state index in [2.05, 4.69) is 0 Å². The smallest absolute Gasteiger partial charge is 0.227 e. The molecule has 1 aromatic rings. The van der Waals surface area contributed by atoms with Crippen LogP contribution in [-0.2, 0) is 11.2 Å². The van der Waals surface area contributed by atoms with Crippen molar-refractivity contribution in [2.45, 2.75) is 12.8 Å². The molecule has 2 N–H and O–H groups in total. The van der Waals surface area contributed by atoms with Crippen LogP contribution in [0.3, 0.4) is 0 Å². The lowest BCUT2D eigenvalue weighted by molar-refractivity contribution is -0.118. The lowest BCUT2D eigenvalue weighted by Crippen LogP contribution is -2.38. The topological polar surface area (TPSA) is 46.3 Å². The summed E-state index contributed by atoms with van der Waals surface area (Å²) in [6, 6.07) is 4.52. The largest absolute Gasteiger partial charge is 0.329 e. The highest BCUT2D eigenvalue weighted by atomic mass is 19.1. The van der Waals surface area contributed by atoms with Gasteiger partial charge >= 0.3 is 0 Å². The Labute approximate surface area is 87.7 Å². The first-order valence-electron chi connectivity index (χ1n) is 5.01. The molecule has 1 aliphatic rings. The summed E-state index contributed by atoms with van der Waals surface area (Å²) in [7, 11) is 0. The zero-order valence-electron chi connectivity index (χ0n) is 8.37. The van der Waals surface area contributed by atoms with Crippen molar-refractivity contribution in [3.8, 4) is 0 Å². The van der Waals surface area contributed by atoms with Crippen LogP contribution >= 0.6 is 0 Å². The highest BCUT2D eigenvalue weighted by Crippen LogP contribution is 2.27. The third kappa shape index (κ3) is 1.85. The number of halogens is 1. The fourth-order valence-electron chi connectivity index (χ4n) is 1.90. The lowest BCUT2D eigenvalue weighted by Gasteiger charge is -2.28. The van der Waals surface area contributed by atoms with Crippen molar-refractivity contribution in [3.63, 3.8) is 0 Å². The first-order chi connectivity index (χ1) is 7.22. The van der Waals surface area contributed by atoms with E-state index in [1.165, 1.54) is 12.1 Å². The average Bonchev–Trinajstić information content (AvgIpc) is 2.22. The zero-order chi connectivity index (χ0) is 10.8. The molecule has 0 aliphatic carbocycles. The summed E-state index contributed by atoms with van der Waals surface area (Å²) in [6.07, 6.45) is 1.06. The molecule has 0 bridgehead atoms. The maximum absolute atomic E-state index is 13.0. The van der Waals surface area contributed by atoms with Gasteiger partial charge in [-0.15, -0.1) is 0 Å². The van der Waals surface area contributed by atoms with Gasteiger partial charge < -0.3 is 10.6 Å². The summed E-state index contributed by atoms with van der Waals surface area (Å²) in [5.74, 6) is -0.185. The minimum absolute atomic E-state index is 0.0690. The van der Waals surface area contributed by atoms with E-state index in [-0.39, 0.29) is 11.7 Å². The first kappa shape index (κ1) is 10.1. The van der Waals surface area contributed by atoms with Crippen LogP contribution in [0.15, 0.2) is 18.2 Å². The Morgan fingerprint density at radius 2 is 2.20 bits per heavy atom. The quantitative estimate of drug-likeness (QED) is 0.790. The van der Waals surface area contributed by atoms with Crippen molar-refractivity contribution in [2.24, 2.45) is 5.73 Å². The highest BCUT2D eigenvalue weighted by molar-refractivity contribution is 5.96. The molecule has 0 saturated heterocycles. The Kier molecular flexibility index (Phi) is 2.68. The van der Waals surface area contributed by atoms with Gasteiger partial charge in [0.2, 0.25) is 5.91 Å². The summed E-state index contributed by atoms with van der Waals surface area (Å²) in [6.45, 7) is 0.917. The number of nitrogens with two attached hydrogens (primary N) is 1. The van der Waals surface area contributed by atoms with E-state index < -0.39 is 0 Å². The van der Waals surface area contributed by atoms with Crippen LogP contribution in [0.1, 0.15) is 12.0 Å². The number of nitrogens with zero attached hydrogens (tertiary/aromatic N) is 1. The maximum Gasteiger partial charge on any atom is 0.227 e. The first-order valence-corrected chi connectivity index (χ1v) is 5.01. The van der Waals surface area contributed by atoms with Crippen molar-refractivity contribution in [2.75, 3.05) is 18.0 Å². The normalized spacial score (nSPS) is 15.3. The number of benzene rings is 1. The number of carbonyl (C=O) groups is 1. The zero-order valence-corrected chi connectivity index (χ0v) is 8.37. The molecule has 0 spiro atoms. The minimum Gasteiger partial charge on any atom is -0.329 e. The second-order valence-electron chi connectivity index (χ2n) is 3.61. The lowest BCUT2D eigenvalue weighted by atomic mass is 10.0. The molecule has 0 atom stereocenters. The standard InChI is InChI=1S/C11H13FN2O/c12-9-2-3-10-8(7-9)1-4-11(15)14(10)6-5-13/h2-3,7H,1,4-6,13H2. The van der Waals surface area contributed by atoms with E-state index >= 15 is 0 Å². The van der Waals surface area contributed by atoms with E-state index in [0.717, 1.165) is 11.3 Å². The average molecular weight is 208 g/mol. The molecule has 15 heavy (non-hydrogen) atoms. The van der Waals surface area contributed by atoms with E-state index in [0.29, 0.717) is 25.9 Å².